The molecule has 3 amide bonds. The Hall–Kier alpha value is -3.26. The van der Waals surface area contributed by atoms with Crippen LogP contribution in [0.2, 0.25) is 0 Å². The average molecular weight is 398 g/mol. The smallest absolute Gasteiger partial charge is 0.294 e. The minimum Gasteiger partial charge on any atom is -0.508 e. The summed E-state index contributed by atoms with van der Waals surface area (Å²) < 4.78 is 5.08. The highest BCUT2D eigenvalue weighted by Gasteiger charge is 2.36. The lowest BCUT2D eigenvalue weighted by Gasteiger charge is -2.12. The second-order valence-electron chi connectivity index (χ2n) is 5.98. The molecule has 0 radical (unpaired) electrons. The molecule has 1 fully saturated rings. The molecule has 0 spiro atoms. The molecule has 0 bridgehead atoms. The van der Waals surface area contributed by atoms with Gasteiger partial charge in [0.1, 0.15) is 18.0 Å². The van der Waals surface area contributed by atoms with E-state index in [4.69, 9.17) is 4.74 Å². The molecular weight excluding hydrogens is 380 g/mol. The molecule has 0 atom stereocenters. The first-order chi connectivity index (χ1) is 13.5. The SMILES string of the molecule is COc1ccc(CNC(=O)CN2C(=O)S/C(=C\c3ccc(O)cc3)C2=O)cc1. The van der Waals surface area contributed by atoms with Gasteiger partial charge in [-0.3, -0.25) is 19.3 Å². The summed E-state index contributed by atoms with van der Waals surface area (Å²) in [6.07, 6.45) is 1.56. The van der Waals surface area contributed by atoms with Crippen molar-refractivity contribution in [3.63, 3.8) is 0 Å². The molecule has 2 aromatic rings. The predicted octanol–water partition coefficient (Wildman–Crippen LogP) is 2.75. The number of aromatic hydroxyl groups is 1. The van der Waals surface area contributed by atoms with Gasteiger partial charge in [-0.05, 0) is 53.2 Å². The van der Waals surface area contributed by atoms with E-state index in [2.05, 4.69) is 5.32 Å². The lowest BCUT2D eigenvalue weighted by molar-refractivity contribution is -0.129. The van der Waals surface area contributed by atoms with Crippen molar-refractivity contribution in [2.75, 3.05) is 13.7 Å². The molecule has 0 saturated carbocycles. The maximum atomic E-state index is 12.4. The summed E-state index contributed by atoms with van der Waals surface area (Å²) in [5, 5.41) is 11.5. The topological polar surface area (TPSA) is 95.9 Å². The van der Waals surface area contributed by atoms with Crippen molar-refractivity contribution >= 4 is 34.9 Å². The van der Waals surface area contributed by atoms with Gasteiger partial charge in [0.2, 0.25) is 5.91 Å². The van der Waals surface area contributed by atoms with Crippen molar-refractivity contribution < 1.29 is 24.2 Å². The molecule has 2 N–H and O–H groups in total. The second kappa shape index (κ2) is 8.62. The van der Waals surface area contributed by atoms with Crippen LogP contribution in [0, 0.1) is 0 Å². The Labute approximate surface area is 166 Å². The minimum atomic E-state index is -0.511. The molecule has 8 heteroatoms. The Balaban J connectivity index is 1.58. The minimum absolute atomic E-state index is 0.110. The fourth-order valence-corrected chi connectivity index (χ4v) is 3.34. The van der Waals surface area contributed by atoms with E-state index in [0.29, 0.717) is 11.3 Å². The largest absolute Gasteiger partial charge is 0.508 e. The van der Waals surface area contributed by atoms with Crippen LogP contribution in [-0.4, -0.2) is 40.7 Å². The summed E-state index contributed by atoms with van der Waals surface area (Å²) in [4.78, 5) is 37.9. The van der Waals surface area contributed by atoms with Crippen molar-refractivity contribution in [1.82, 2.24) is 10.2 Å². The summed E-state index contributed by atoms with van der Waals surface area (Å²) in [5.41, 5.74) is 1.54. The van der Waals surface area contributed by atoms with Crippen LogP contribution in [0.15, 0.2) is 53.4 Å². The van der Waals surface area contributed by atoms with E-state index < -0.39 is 17.1 Å². The molecule has 0 unspecified atom stereocenters. The zero-order valence-electron chi connectivity index (χ0n) is 15.0. The number of methoxy groups -OCH3 is 1. The van der Waals surface area contributed by atoms with Gasteiger partial charge in [-0.15, -0.1) is 0 Å². The number of thioether (sulfide) groups is 1. The third kappa shape index (κ3) is 4.72. The Kier molecular flexibility index (Phi) is 6.00. The predicted molar refractivity (Wildman–Crippen MR) is 106 cm³/mol. The normalized spacial score (nSPS) is 15.2. The Morgan fingerprint density at radius 3 is 2.46 bits per heavy atom. The van der Waals surface area contributed by atoms with Gasteiger partial charge in [-0.25, -0.2) is 0 Å². The van der Waals surface area contributed by atoms with Gasteiger partial charge >= 0.3 is 0 Å². The Morgan fingerprint density at radius 2 is 1.82 bits per heavy atom. The highest BCUT2D eigenvalue weighted by Crippen LogP contribution is 2.32. The van der Waals surface area contributed by atoms with Gasteiger partial charge in [0.05, 0.1) is 12.0 Å². The fourth-order valence-electron chi connectivity index (χ4n) is 2.50. The van der Waals surface area contributed by atoms with E-state index in [1.54, 1.807) is 37.5 Å². The molecule has 1 aliphatic rings. The molecule has 0 aliphatic carbocycles. The first-order valence-electron chi connectivity index (χ1n) is 8.40. The number of hydrogen-bond acceptors (Lipinski definition) is 6. The molecule has 7 nitrogen and oxygen atoms in total. The highest BCUT2D eigenvalue weighted by atomic mass is 32.2. The van der Waals surface area contributed by atoms with Gasteiger partial charge in [0.15, 0.2) is 0 Å². The van der Waals surface area contributed by atoms with E-state index in [1.807, 2.05) is 12.1 Å². The molecule has 2 aromatic carbocycles. The van der Waals surface area contributed by atoms with Crippen molar-refractivity contribution in [3.8, 4) is 11.5 Å². The Morgan fingerprint density at radius 1 is 1.14 bits per heavy atom. The summed E-state index contributed by atoms with van der Waals surface area (Å²) in [6, 6.07) is 13.4. The number of carbonyl (C=O) groups is 3. The monoisotopic (exact) mass is 398 g/mol. The number of nitrogens with zero attached hydrogens (tertiary/aromatic N) is 1. The van der Waals surface area contributed by atoms with Crippen LogP contribution >= 0.6 is 11.8 Å². The number of phenolic OH excluding ortho intramolecular Hbond substituents is 1. The van der Waals surface area contributed by atoms with Crippen LogP contribution in [0.25, 0.3) is 6.08 Å². The zero-order chi connectivity index (χ0) is 20.1. The number of nitrogens with one attached hydrogen (secondary N) is 1. The molecule has 1 saturated heterocycles. The summed E-state index contributed by atoms with van der Waals surface area (Å²) in [5.74, 6) is -0.112. The molecule has 1 aliphatic heterocycles. The Bertz CT molecular complexity index is 923. The lowest BCUT2D eigenvalue weighted by Crippen LogP contribution is -2.39. The highest BCUT2D eigenvalue weighted by molar-refractivity contribution is 8.18. The second-order valence-corrected chi connectivity index (χ2v) is 6.98. The van der Waals surface area contributed by atoms with Crippen LogP contribution in [0.1, 0.15) is 11.1 Å². The third-order valence-electron chi connectivity index (χ3n) is 4.01. The van der Waals surface area contributed by atoms with Crippen molar-refractivity contribution in [2.24, 2.45) is 0 Å². The molecule has 0 aromatic heterocycles. The lowest BCUT2D eigenvalue weighted by atomic mass is 10.2. The first kappa shape index (κ1) is 19.5. The van der Waals surface area contributed by atoms with Crippen LogP contribution in [0.5, 0.6) is 11.5 Å². The molecule has 3 rings (SSSR count). The van der Waals surface area contributed by atoms with Gasteiger partial charge in [-0.2, -0.15) is 0 Å². The maximum Gasteiger partial charge on any atom is 0.294 e. The number of benzene rings is 2. The molecule has 144 valence electrons. The number of rotatable bonds is 6. The van der Waals surface area contributed by atoms with Crippen LogP contribution in [0.3, 0.4) is 0 Å². The summed E-state index contributed by atoms with van der Waals surface area (Å²) in [6.45, 7) is -0.0594. The van der Waals surface area contributed by atoms with Gasteiger partial charge < -0.3 is 15.2 Å². The molecule has 28 heavy (non-hydrogen) atoms. The maximum absolute atomic E-state index is 12.4. The number of ether oxygens (including phenoxy) is 1. The van der Waals surface area contributed by atoms with Crippen molar-refractivity contribution in [2.45, 2.75) is 6.54 Å². The van der Waals surface area contributed by atoms with E-state index in [0.717, 1.165) is 22.2 Å². The summed E-state index contributed by atoms with van der Waals surface area (Å²) >= 11 is 0.784. The fraction of sp³-hybridized carbons (Fsp3) is 0.150. The van der Waals surface area contributed by atoms with Gasteiger partial charge in [-0.1, -0.05) is 24.3 Å². The van der Waals surface area contributed by atoms with Crippen LogP contribution in [-0.2, 0) is 16.1 Å². The number of phenols is 1. The van der Waals surface area contributed by atoms with Crippen LogP contribution < -0.4 is 10.1 Å². The van der Waals surface area contributed by atoms with E-state index >= 15 is 0 Å². The van der Waals surface area contributed by atoms with Crippen molar-refractivity contribution in [1.29, 1.82) is 0 Å². The number of amides is 3. The van der Waals surface area contributed by atoms with Crippen molar-refractivity contribution in [3.05, 3.63) is 64.6 Å². The van der Waals surface area contributed by atoms with Crippen LogP contribution in [0.4, 0.5) is 4.79 Å². The number of imide groups is 1. The van der Waals surface area contributed by atoms with E-state index in [1.165, 1.54) is 12.1 Å². The van der Waals surface area contributed by atoms with Gasteiger partial charge in [0, 0.05) is 6.54 Å². The van der Waals surface area contributed by atoms with E-state index in [-0.39, 0.29) is 23.7 Å². The first-order valence-corrected chi connectivity index (χ1v) is 9.22. The third-order valence-corrected chi connectivity index (χ3v) is 4.92. The average Bonchev–Trinajstić information content (AvgIpc) is 2.96. The standard InChI is InChI=1S/C20H18N2O5S/c1-27-16-8-4-14(5-9-16)11-21-18(24)12-22-19(25)17(28-20(22)26)10-13-2-6-15(23)7-3-13/h2-10,23H,11-12H2,1H3,(H,21,24)/b17-10-. The molecule has 1 heterocycles. The zero-order valence-corrected chi connectivity index (χ0v) is 15.9. The van der Waals surface area contributed by atoms with Gasteiger partial charge in [0.25, 0.3) is 11.1 Å². The molecular formula is C20H18N2O5S. The number of carbonyl (C=O) groups excluding carboxylic acids is 3. The van der Waals surface area contributed by atoms with E-state index in [9.17, 15) is 19.5 Å². The number of hydrogen-bond donors (Lipinski definition) is 2. The quantitative estimate of drug-likeness (QED) is 0.727. The summed E-state index contributed by atoms with van der Waals surface area (Å²) in [7, 11) is 1.57.